The Kier molecular flexibility index (Phi) is 4.92. The van der Waals surface area contributed by atoms with Crippen LogP contribution in [-0.2, 0) is 9.59 Å². The number of aromatic hydroxyl groups is 1. The first kappa shape index (κ1) is 17.9. The van der Waals surface area contributed by atoms with Gasteiger partial charge in [-0.1, -0.05) is 29.8 Å². The number of ether oxygens (including phenoxy) is 1. The third kappa shape index (κ3) is 3.26. The zero-order valence-electron chi connectivity index (χ0n) is 13.5. The van der Waals surface area contributed by atoms with E-state index in [4.69, 9.17) is 28.6 Å². The first-order valence-electron chi connectivity index (χ1n) is 7.45. The highest BCUT2D eigenvalue weighted by Crippen LogP contribution is 2.30. The summed E-state index contributed by atoms with van der Waals surface area (Å²) >= 11 is 11.3. The molecule has 0 unspecified atom stereocenters. The third-order valence-corrected chi connectivity index (χ3v) is 4.31. The van der Waals surface area contributed by atoms with Crippen LogP contribution in [0.2, 0.25) is 5.02 Å². The standard InChI is InChI=1S/C18H13ClN2O4S/c1-25-15-9-10(6-7-14(15)22)8-11-16(23)20-18(26)21(17(11)24)13-5-3-2-4-12(13)19/h2-9,22H,1H3,(H,20,23,26)/b11-8+. The fraction of sp³-hybridized carbons (Fsp3) is 0.0556. The zero-order valence-corrected chi connectivity index (χ0v) is 15.1. The van der Waals surface area contributed by atoms with Gasteiger partial charge in [0.2, 0.25) is 0 Å². The van der Waals surface area contributed by atoms with Gasteiger partial charge in [-0.15, -0.1) is 0 Å². The van der Waals surface area contributed by atoms with Gasteiger partial charge in [0.25, 0.3) is 11.8 Å². The van der Waals surface area contributed by atoms with Crippen LogP contribution >= 0.6 is 23.8 Å². The molecule has 0 spiro atoms. The highest BCUT2D eigenvalue weighted by molar-refractivity contribution is 7.80. The normalized spacial score (nSPS) is 16.0. The molecular weight excluding hydrogens is 376 g/mol. The van der Waals surface area contributed by atoms with Crippen LogP contribution in [-0.4, -0.2) is 29.1 Å². The van der Waals surface area contributed by atoms with Crippen LogP contribution < -0.4 is 15.0 Å². The predicted octanol–water partition coefficient (Wildman–Crippen LogP) is 2.89. The molecule has 0 radical (unpaired) electrons. The molecule has 3 rings (SSSR count). The van der Waals surface area contributed by atoms with Gasteiger partial charge in [0.15, 0.2) is 16.6 Å². The van der Waals surface area contributed by atoms with Crippen molar-refractivity contribution in [2.24, 2.45) is 0 Å². The average Bonchev–Trinajstić information content (AvgIpc) is 2.61. The number of hydrogen-bond donors (Lipinski definition) is 2. The summed E-state index contributed by atoms with van der Waals surface area (Å²) < 4.78 is 5.04. The van der Waals surface area contributed by atoms with Gasteiger partial charge >= 0.3 is 0 Å². The lowest BCUT2D eigenvalue weighted by Crippen LogP contribution is -2.54. The molecule has 0 atom stereocenters. The van der Waals surface area contributed by atoms with E-state index in [2.05, 4.69) is 5.32 Å². The summed E-state index contributed by atoms with van der Waals surface area (Å²) in [5.41, 5.74) is 0.759. The van der Waals surface area contributed by atoms with Crippen molar-refractivity contribution >= 4 is 52.5 Å². The summed E-state index contributed by atoms with van der Waals surface area (Å²) in [6.45, 7) is 0. The number of para-hydroxylation sites is 1. The summed E-state index contributed by atoms with van der Waals surface area (Å²) in [7, 11) is 1.40. The maximum Gasteiger partial charge on any atom is 0.270 e. The molecule has 0 saturated carbocycles. The number of phenols is 1. The van der Waals surface area contributed by atoms with Crippen molar-refractivity contribution in [3.05, 3.63) is 58.6 Å². The molecule has 6 nitrogen and oxygen atoms in total. The summed E-state index contributed by atoms with van der Waals surface area (Å²) in [6.07, 6.45) is 1.39. The molecule has 8 heteroatoms. The van der Waals surface area contributed by atoms with Crippen molar-refractivity contribution in [3.63, 3.8) is 0 Å². The van der Waals surface area contributed by atoms with Crippen LogP contribution in [0.25, 0.3) is 6.08 Å². The molecule has 26 heavy (non-hydrogen) atoms. The Balaban J connectivity index is 2.04. The lowest BCUT2D eigenvalue weighted by molar-refractivity contribution is -0.122. The van der Waals surface area contributed by atoms with Gasteiger partial charge in [-0.05, 0) is 48.1 Å². The minimum absolute atomic E-state index is 0.0477. The molecule has 2 aromatic carbocycles. The van der Waals surface area contributed by atoms with E-state index in [-0.39, 0.29) is 22.2 Å². The van der Waals surface area contributed by atoms with Gasteiger partial charge in [-0.3, -0.25) is 19.8 Å². The first-order valence-corrected chi connectivity index (χ1v) is 8.24. The number of amides is 2. The van der Waals surface area contributed by atoms with Crippen molar-refractivity contribution < 1.29 is 19.4 Å². The Hall–Kier alpha value is -2.90. The van der Waals surface area contributed by atoms with Crippen LogP contribution in [0, 0.1) is 0 Å². The molecule has 132 valence electrons. The molecular formula is C18H13ClN2O4S. The van der Waals surface area contributed by atoms with E-state index in [0.29, 0.717) is 16.3 Å². The molecule has 0 bridgehead atoms. The average molecular weight is 389 g/mol. The molecule has 2 amide bonds. The molecule has 1 saturated heterocycles. The second-order valence-corrected chi connectivity index (χ2v) is 6.13. The summed E-state index contributed by atoms with van der Waals surface area (Å²) in [5.74, 6) is -1.04. The lowest BCUT2D eigenvalue weighted by atomic mass is 10.1. The van der Waals surface area contributed by atoms with Crippen molar-refractivity contribution in [2.45, 2.75) is 0 Å². The zero-order chi connectivity index (χ0) is 18.8. The summed E-state index contributed by atoms with van der Waals surface area (Å²) in [5, 5.41) is 12.4. The monoisotopic (exact) mass is 388 g/mol. The number of anilines is 1. The topological polar surface area (TPSA) is 78.9 Å². The minimum Gasteiger partial charge on any atom is -0.504 e. The second-order valence-electron chi connectivity index (χ2n) is 5.34. The largest absolute Gasteiger partial charge is 0.504 e. The number of thiocarbonyl (C=S) groups is 1. The number of halogens is 1. The molecule has 1 fully saturated rings. The smallest absolute Gasteiger partial charge is 0.270 e. The number of hydrogen-bond acceptors (Lipinski definition) is 5. The van der Waals surface area contributed by atoms with E-state index < -0.39 is 11.8 Å². The van der Waals surface area contributed by atoms with Crippen molar-refractivity contribution in [2.75, 3.05) is 12.0 Å². The molecule has 1 aliphatic heterocycles. The predicted molar refractivity (Wildman–Crippen MR) is 102 cm³/mol. The maximum absolute atomic E-state index is 12.9. The Bertz CT molecular complexity index is 958. The van der Waals surface area contributed by atoms with E-state index in [1.54, 1.807) is 30.3 Å². The summed E-state index contributed by atoms with van der Waals surface area (Å²) in [4.78, 5) is 26.3. The molecule has 0 aromatic heterocycles. The van der Waals surface area contributed by atoms with Gasteiger partial charge in [0.1, 0.15) is 5.57 Å². The summed E-state index contributed by atoms with van der Waals surface area (Å²) in [6, 6.07) is 11.2. The lowest BCUT2D eigenvalue weighted by Gasteiger charge is -2.29. The van der Waals surface area contributed by atoms with Gasteiger partial charge in [-0.25, -0.2) is 0 Å². The van der Waals surface area contributed by atoms with Crippen LogP contribution in [0.3, 0.4) is 0 Å². The van der Waals surface area contributed by atoms with Crippen molar-refractivity contribution in [3.8, 4) is 11.5 Å². The minimum atomic E-state index is -0.615. The molecule has 0 aliphatic carbocycles. The third-order valence-electron chi connectivity index (χ3n) is 3.71. The molecule has 2 aromatic rings. The number of rotatable bonds is 3. The van der Waals surface area contributed by atoms with Crippen LogP contribution in [0.5, 0.6) is 11.5 Å². The Morgan fingerprint density at radius 2 is 1.96 bits per heavy atom. The number of benzene rings is 2. The van der Waals surface area contributed by atoms with Crippen molar-refractivity contribution in [1.29, 1.82) is 0 Å². The maximum atomic E-state index is 12.9. The Morgan fingerprint density at radius 1 is 1.23 bits per heavy atom. The number of nitrogens with one attached hydrogen (secondary N) is 1. The fourth-order valence-corrected chi connectivity index (χ4v) is 2.95. The van der Waals surface area contributed by atoms with Gasteiger partial charge in [0.05, 0.1) is 17.8 Å². The van der Waals surface area contributed by atoms with E-state index >= 15 is 0 Å². The van der Waals surface area contributed by atoms with Crippen molar-refractivity contribution in [1.82, 2.24) is 5.32 Å². The van der Waals surface area contributed by atoms with Crippen LogP contribution in [0.4, 0.5) is 5.69 Å². The van der Waals surface area contributed by atoms with Gasteiger partial charge in [-0.2, -0.15) is 0 Å². The Morgan fingerprint density at radius 3 is 2.65 bits per heavy atom. The van der Waals surface area contributed by atoms with Gasteiger partial charge < -0.3 is 9.84 Å². The van der Waals surface area contributed by atoms with E-state index in [0.717, 1.165) is 0 Å². The Labute approximate surface area is 159 Å². The van der Waals surface area contributed by atoms with E-state index in [9.17, 15) is 14.7 Å². The van der Waals surface area contributed by atoms with E-state index in [1.165, 1.54) is 30.2 Å². The van der Waals surface area contributed by atoms with Gasteiger partial charge in [0, 0.05) is 0 Å². The second kappa shape index (κ2) is 7.15. The SMILES string of the molecule is COc1cc(/C=C2\C(=O)NC(=S)N(c3ccccc3Cl)C2=O)ccc1O. The number of methoxy groups -OCH3 is 1. The fourth-order valence-electron chi connectivity index (χ4n) is 2.46. The highest BCUT2D eigenvalue weighted by atomic mass is 35.5. The number of carbonyl (C=O) groups is 2. The van der Waals surface area contributed by atoms with E-state index in [1.807, 2.05) is 0 Å². The molecule has 1 heterocycles. The molecule has 2 N–H and O–H groups in total. The quantitative estimate of drug-likeness (QED) is 0.480. The number of carbonyl (C=O) groups excluding carboxylic acids is 2. The highest BCUT2D eigenvalue weighted by Gasteiger charge is 2.35. The first-order chi connectivity index (χ1) is 12.4. The van der Waals surface area contributed by atoms with Crippen LogP contribution in [0.15, 0.2) is 48.0 Å². The number of phenolic OH excluding ortho intramolecular Hbond substituents is 1. The van der Waals surface area contributed by atoms with Crippen LogP contribution in [0.1, 0.15) is 5.56 Å². The number of nitrogens with zero attached hydrogens (tertiary/aromatic N) is 1. The molecule has 1 aliphatic rings.